The summed E-state index contributed by atoms with van der Waals surface area (Å²) in [5, 5.41) is 0.631. The van der Waals surface area contributed by atoms with Crippen molar-refractivity contribution in [2.75, 3.05) is 61.2 Å². The van der Waals surface area contributed by atoms with E-state index in [9.17, 15) is 37.1 Å². The Bertz CT molecular complexity index is 6720. The molecule has 764 valence electrons. The van der Waals surface area contributed by atoms with E-state index >= 15 is 0 Å². The summed E-state index contributed by atoms with van der Waals surface area (Å²) in [5.74, 6) is 5.26. The second-order valence-electron chi connectivity index (χ2n) is 38.2. The van der Waals surface area contributed by atoms with Crippen LogP contribution in [0.4, 0.5) is 13.2 Å². The molecule has 0 aliphatic heterocycles. The summed E-state index contributed by atoms with van der Waals surface area (Å²) in [6.07, 6.45) is 6.74. The van der Waals surface area contributed by atoms with E-state index in [4.69, 9.17) is 55.5 Å². The number of aryl methyl sites for hydroxylation is 5. The van der Waals surface area contributed by atoms with Gasteiger partial charge in [0.25, 0.3) is 29.5 Å². The number of para-hydroxylation sites is 10. The van der Waals surface area contributed by atoms with Gasteiger partial charge in [-0.05, 0) is 232 Å². The lowest BCUT2D eigenvalue weighted by atomic mass is 10.1. The smallest absolute Gasteiger partial charge is 0.257 e. The van der Waals surface area contributed by atoms with Crippen molar-refractivity contribution in [3.05, 3.63) is 304 Å². The molecule has 0 aliphatic carbocycles. The number of imidazole rings is 5. The molecule has 5 amide bonds. The number of halogens is 4. The van der Waals surface area contributed by atoms with Gasteiger partial charge >= 0.3 is 0 Å². The number of ether oxygens (including phenoxy) is 4. The quantitative estimate of drug-likeness (QED) is 0.0347. The summed E-state index contributed by atoms with van der Waals surface area (Å²) < 4.78 is 74.1. The van der Waals surface area contributed by atoms with Gasteiger partial charge in [0.15, 0.2) is 23.1 Å². The monoisotopic (exact) mass is 1980 g/mol. The Morgan fingerprint density at radius 2 is 0.562 bits per heavy atom. The SMILES string of the molecule is CCCn1c(CN(CC(C)C)C(=O)c2ccc(Cl)cc2)nc2ccccc21.CCCn1c(CN(CC(C)C)C(=O)c2ccc(OC)c(F)c2)nc2ccccc21.CCCn1c(CN(CC(C)C)C(=O)c2ccc(OC)cc2F)nc2ccccc21.CCCn1c(CN(CCC(C)C)C(=O)c2ccc(OC)c(F)c2)nc2ccccc21.CCCn1c(CN(CCC(C)C)C(=O)c2ccc(OC)cc2)nc2ccccc21. The Labute approximate surface area is 851 Å². The maximum absolute atomic E-state index is 14.5. The van der Waals surface area contributed by atoms with Gasteiger partial charge in [-0.1, -0.05) is 176 Å². The first-order chi connectivity index (χ1) is 69.3. The first-order valence-electron chi connectivity index (χ1n) is 50.4. The number of rotatable bonds is 41. The third kappa shape index (κ3) is 29.5. The summed E-state index contributed by atoms with van der Waals surface area (Å²) >= 11 is 5.97. The van der Waals surface area contributed by atoms with Crippen LogP contribution in [0.15, 0.2) is 224 Å². The Morgan fingerprint density at radius 3 is 0.840 bits per heavy atom. The first-order valence-corrected chi connectivity index (χ1v) is 50.8. The number of fused-ring (bicyclic) bond motifs is 5. The molecule has 0 unspecified atom stereocenters. The second-order valence-corrected chi connectivity index (χ2v) is 38.6. The Kier molecular flexibility index (Phi) is 41.5. The van der Waals surface area contributed by atoms with Crippen molar-refractivity contribution in [3.8, 4) is 23.0 Å². The van der Waals surface area contributed by atoms with Crippen LogP contribution >= 0.6 is 11.6 Å². The maximum atomic E-state index is 14.5. The molecule has 0 atom stereocenters. The Hall–Kier alpha value is -13.8. The van der Waals surface area contributed by atoms with E-state index in [0.29, 0.717) is 116 Å². The fraction of sp³-hybridized carbons (Fsp3) is 0.397. The van der Waals surface area contributed by atoms with Gasteiger partial charge in [0.2, 0.25) is 0 Å². The van der Waals surface area contributed by atoms with Crippen molar-refractivity contribution >= 4 is 96.3 Å². The zero-order valence-electron chi connectivity index (χ0n) is 87.2. The fourth-order valence-electron chi connectivity index (χ4n) is 17.4. The van der Waals surface area contributed by atoms with E-state index in [1.165, 1.54) is 57.7 Å². The van der Waals surface area contributed by atoms with Gasteiger partial charge in [-0.3, -0.25) is 24.0 Å². The third-order valence-electron chi connectivity index (χ3n) is 24.3. The van der Waals surface area contributed by atoms with Crippen molar-refractivity contribution in [1.82, 2.24) is 72.3 Å². The number of aromatic nitrogens is 10. The molecule has 10 aromatic carbocycles. The van der Waals surface area contributed by atoms with Crippen LogP contribution in [0.2, 0.25) is 5.02 Å². The number of nitrogens with zero attached hydrogens (tertiary/aromatic N) is 15. The highest BCUT2D eigenvalue weighted by molar-refractivity contribution is 6.30. The number of hydrogen-bond acceptors (Lipinski definition) is 14. The topological polar surface area (TPSA) is 228 Å². The Balaban J connectivity index is 0.000000172. The van der Waals surface area contributed by atoms with E-state index < -0.39 is 17.5 Å². The zero-order chi connectivity index (χ0) is 104. The van der Waals surface area contributed by atoms with Gasteiger partial charge in [0, 0.05) is 98.8 Å². The van der Waals surface area contributed by atoms with Crippen molar-refractivity contribution < 1.29 is 56.1 Å². The van der Waals surface area contributed by atoms with Gasteiger partial charge in [0.1, 0.15) is 46.4 Å². The van der Waals surface area contributed by atoms with E-state index in [1.807, 2.05) is 145 Å². The fourth-order valence-corrected chi connectivity index (χ4v) is 17.5. The molecule has 0 saturated carbocycles. The van der Waals surface area contributed by atoms with Crippen LogP contribution in [0.3, 0.4) is 0 Å². The highest BCUT2D eigenvalue weighted by Gasteiger charge is 2.30. The molecule has 24 nitrogen and oxygen atoms in total. The van der Waals surface area contributed by atoms with E-state index in [1.54, 1.807) is 64.3 Å². The average molecular weight is 1980 g/mol. The van der Waals surface area contributed by atoms with Gasteiger partial charge < -0.3 is 66.3 Å². The molecule has 144 heavy (non-hydrogen) atoms. The number of hydrogen-bond donors (Lipinski definition) is 0. The number of methoxy groups -OCH3 is 4. The molecule has 5 aromatic heterocycles. The highest BCUT2D eigenvalue weighted by atomic mass is 35.5. The third-order valence-corrected chi connectivity index (χ3v) is 24.6. The molecule has 0 radical (unpaired) electrons. The molecule has 0 aliphatic rings. The lowest BCUT2D eigenvalue weighted by Crippen LogP contribution is -2.35. The van der Waals surface area contributed by atoms with E-state index in [0.717, 1.165) is 168 Å². The molecule has 0 N–H and O–H groups in total. The van der Waals surface area contributed by atoms with Crippen LogP contribution in [0.5, 0.6) is 23.0 Å². The van der Waals surface area contributed by atoms with Crippen molar-refractivity contribution in [2.45, 2.75) is 214 Å². The van der Waals surface area contributed by atoms with Crippen LogP contribution in [0, 0.1) is 47.0 Å². The molecule has 28 heteroatoms. The van der Waals surface area contributed by atoms with Crippen LogP contribution in [-0.2, 0) is 65.4 Å². The maximum Gasteiger partial charge on any atom is 0.257 e. The van der Waals surface area contributed by atoms with E-state index in [-0.39, 0.29) is 58.4 Å². The van der Waals surface area contributed by atoms with Crippen molar-refractivity contribution in [2.24, 2.45) is 29.6 Å². The standard InChI is InChI=1S/C24H30FN3O2.C24H31N3O2.2C23H28FN3O2.C22H26ClN3O/c1-5-13-28-21-9-7-6-8-20(21)26-23(28)16-27(14-12-17(2)3)24(29)18-10-11-22(30-4)19(25)15-18;1-5-15-27-22-9-7-6-8-21(22)25-23(27)17-26(16-14-18(2)3)24(28)19-10-12-20(29-4)13-11-19;1-5-12-27-20-9-7-6-8-19(20)25-22(27)15-26(14-16(2)3)23(28)17-10-11-21(29-4)18(24)13-17;1-5-12-27-21-9-7-6-8-20(21)25-22(27)15-26(14-16(2)3)23(28)18-11-10-17(29-4)13-19(18)24;1-4-13-26-20-8-6-5-7-19(20)24-21(26)15-25(14-16(2)3)22(27)17-9-11-18(23)12-10-17/h6-11,15,17H,5,12-14,16H2,1-4H3;6-13,18H,5,14-17H2,1-4H3;2*6-11,13,16H,5,12,14-15H2,1-4H3;5-12,16H,4,13-15H2,1-3H3. The van der Waals surface area contributed by atoms with Gasteiger partial charge in [0.05, 0.1) is 122 Å². The molecular formula is C116H143ClF3N15O9. The first kappa shape index (κ1) is 111. The van der Waals surface area contributed by atoms with Gasteiger partial charge in [-0.15, -0.1) is 0 Å². The lowest BCUT2D eigenvalue weighted by molar-refractivity contribution is 0.0706. The van der Waals surface area contributed by atoms with Crippen molar-refractivity contribution in [1.29, 1.82) is 0 Å². The normalized spacial score (nSPS) is 11.2. The number of amides is 5. The predicted molar refractivity (Wildman–Crippen MR) is 571 cm³/mol. The summed E-state index contributed by atoms with van der Waals surface area (Å²) in [4.78, 5) is 99.1. The average Bonchev–Trinajstić information content (AvgIpc) is 1.65. The van der Waals surface area contributed by atoms with Crippen LogP contribution in [0.1, 0.15) is 230 Å². The molecular weight excluding hydrogens is 1840 g/mol. The number of carbonyl (C=O) groups is 5. The summed E-state index contributed by atoms with van der Waals surface area (Å²) in [6, 6.07) is 67.8. The van der Waals surface area contributed by atoms with E-state index in [2.05, 4.69) is 137 Å². The van der Waals surface area contributed by atoms with Crippen LogP contribution in [0.25, 0.3) is 55.2 Å². The van der Waals surface area contributed by atoms with Crippen molar-refractivity contribution in [3.63, 3.8) is 0 Å². The molecule has 15 aromatic rings. The summed E-state index contributed by atoms with van der Waals surface area (Å²) in [7, 11) is 5.92. The number of benzene rings is 10. The molecule has 15 rings (SSSR count). The second kappa shape index (κ2) is 54.0. The molecule has 0 fully saturated rings. The summed E-state index contributed by atoms with van der Waals surface area (Å²) in [6.45, 7) is 41.1. The zero-order valence-corrected chi connectivity index (χ0v) is 88.0. The molecule has 0 spiro atoms. The van der Waals surface area contributed by atoms with Gasteiger partial charge in [-0.2, -0.15) is 0 Å². The molecule has 0 bridgehead atoms. The number of carbonyl (C=O) groups excluding carboxylic acids is 5. The lowest BCUT2D eigenvalue weighted by Gasteiger charge is -2.25. The summed E-state index contributed by atoms with van der Waals surface area (Å²) in [5.41, 5.74) is 12.1. The molecule has 0 saturated heterocycles. The van der Waals surface area contributed by atoms with Crippen LogP contribution < -0.4 is 18.9 Å². The predicted octanol–water partition coefficient (Wildman–Crippen LogP) is 25.6. The minimum atomic E-state index is -0.579. The minimum Gasteiger partial charge on any atom is -0.497 e. The Morgan fingerprint density at radius 1 is 0.299 bits per heavy atom. The highest BCUT2D eigenvalue weighted by Crippen LogP contribution is 2.31. The largest absolute Gasteiger partial charge is 0.497 e. The molecule has 5 heterocycles. The van der Waals surface area contributed by atoms with Gasteiger partial charge in [-0.25, -0.2) is 38.1 Å². The minimum absolute atomic E-state index is 0.00970. The van der Waals surface area contributed by atoms with Crippen LogP contribution in [-0.4, -0.2) is 163 Å².